The number of aromatic nitrogens is 2. The number of benzene rings is 1. The number of likely N-dealkylation sites (tertiary alicyclic amines) is 1. The number of hydrogen-bond acceptors (Lipinski definition) is 3. The number of aromatic amines is 1. The molecule has 0 radical (unpaired) electrons. The second kappa shape index (κ2) is 7.84. The van der Waals surface area contributed by atoms with Gasteiger partial charge in [0.25, 0.3) is 5.91 Å². The number of nitrogens with one attached hydrogen (secondary N) is 1. The molecule has 5 rings (SSSR count). The number of carbonyl (C=O) groups is 1. The fraction of sp³-hybridized carbons (Fsp3) is 0.435. The molecular weight excluding hydrogens is 412 g/mol. The van der Waals surface area contributed by atoms with E-state index in [0.29, 0.717) is 37.8 Å². The van der Waals surface area contributed by atoms with Gasteiger partial charge in [0.15, 0.2) is 0 Å². The topological polar surface area (TPSA) is 78.4 Å². The Labute approximate surface area is 182 Å². The normalized spacial score (nSPS) is 18.8. The molecule has 0 unspecified atom stereocenters. The van der Waals surface area contributed by atoms with Crippen molar-refractivity contribution >= 4 is 26.8 Å². The highest BCUT2D eigenvalue weighted by Gasteiger charge is 2.31. The average molecular weight is 441 g/mol. The molecule has 3 aromatic rings. The maximum atomic E-state index is 13.2. The Kier molecular flexibility index (Phi) is 5.14. The first-order valence-corrected chi connectivity index (χ1v) is 12.4. The molecular formula is C23H28N4O3S. The van der Waals surface area contributed by atoms with E-state index >= 15 is 0 Å². The molecule has 7 nitrogen and oxygen atoms in total. The van der Waals surface area contributed by atoms with Gasteiger partial charge >= 0.3 is 0 Å². The Balaban J connectivity index is 1.30. The maximum absolute atomic E-state index is 13.2. The summed E-state index contributed by atoms with van der Waals surface area (Å²) < 4.78 is 28.9. The predicted molar refractivity (Wildman–Crippen MR) is 120 cm³/mol. The van der Waals surface area contributed by atoms with Gasteiger partial charge in [-0.2, -0.15) is 4.31 Å². The summed E-state index contributed by atoms with van der Waals surface area (Å²) in [4.78, 5) is 18.6. The number of carbonyl (C=O) groups excluding carboxylic acids is 1. The second-order valence-electron chi connectivity index (χ2n) is 8.64. The molecule has 0 spiro atoms. The Morgan fingerprint density at radius 2 is 1.77 bits per heavy atom. The summed E-state index contributed by atoms with van der Waals surface area (Å²) >= 11 is 0. The van der Waals surface area contributed by atoms with E-state index in [-0.39, 0.29) is 10.8 Å². The second-order valence-corrected chi connectivity index (χ2v) is 10.6. The summed E-state index contributed by atoms with van der Waals surface area (Å²) in [6.45, 7) is 2.45. The monoisotopic (exact) mass is 440 g/mol. The van der Waals surface area contributed by atoms with Crippen LogP contribution < -0.4 is 0 Å². The first-order valence-electron chi connectivity index (χ1n) is 11.0. The number of hydrogen-bond donors (Lipinski definition) is 1. The molecule has 1 aromatic carbocycles. The predicted octanol–water partition coefficient (Wildman–Crippen LogP) is 3.31. The number of rotatable bonds is 4. The van der Waals surface area contributed by atoms with Crippen molar-refractivity contribution in [3.8, 4) is 0 Å². The molecule has 1 N–H and O–H groups in total. The number of nitrogens with zero attached hydrogens (tertiary/aromatic N) is 3. The van der Waals surface area contributed by atoms with Gasteiger partial charge in [0.05, 0.1) is 0 Å². The molecule has 0 aliphatic carbocycles. The van der Waals surface area contributed by atoms with Crippen molar-refractivity contribution < 1.29 is 13.2 Å². The first kappa shape index (κ1) is 20.3. The number of H-pyrrole nitrogens is 1. The minimum absolute atomic E-state index is 0.0947. The van der Waals surface area contributed by atoms with Gasteiger partial charge in [0, 0.05) is 56.5 Å². The van der Waals surface area contributed by atoms with E-state index in [1.165, 1.54) is 15.3 Å². The van der Waals surface area contributed by atoms with E-state index in [2.05, 4.69) is 29.4 Å². The molecule has 0 saturated carbocycles. The minimum Gasteiger partial charge on any atom is -0.361 e. The van der Waals surface area contributed by atoms with Gasteiger partial charge in [-0.25, -0.2) is 8.42 Å². The van der Waals surface area contributed by atoms with Crippen LogP contribution in [-0.4, -0.2) is 59.3 Å². The summed E-state index contributed by atoms with van der Waals surface area (Å²) in [6.07, 6.45) is 7.25. The lowest BCUT2D eigenvalue weighted by molar-refractivity contribution is 0.0703. The van der Waals surface area contributed by atoms with E-state index < -0.39 is 10.0 Å². The summed E-state index contributed by atoms with van der Waals surface area (Å²) in [7, 11) is -1.78. The molecule has 2 fully saturated rings. The molecule has 4 heterocycles. The largest absolute Gasteiger partial charge is 0.361 e. The summed E-state index contributed by atoms with van der Waals surface area (Å²) in [5.74, 6) is 0.322. The minimum atomic E-state index is -3.53. The lowest BCUT2D eigenvalue weighted by Crippen LogP contribution is -2.38. The van der Waals surface area contributed by atoms with Crippen molar-refractivity contribution in [2.24, 2.45) is 7.05 Å². The van der Waals surface area contributed by atoms with Gasteiger partial charge in [-0.1, -0.05) is 18.2 Å². The molecule has 0 atom stereocenters. The summed E-state index contributed by atoms with van der Waals surface area (Å²) in [5.41, 5.74) is 2.90. The number of piperidine rings is 1. The quantitative estimate of drug-likeness (QED) is 0.676. The van der Waals surface area contributed by atoms with E-state index in [1.54, 1.807) is 23.9 Å². The molecule has 2 aliphatic rings. The third kappa shape index (κ3) is 3.57. The van der Waals surface area contributed by atoms with Crippen molar-refractivity contribution in [3.05, 3.63) is 54.0 Å². The zero-order chi connectivity index (χ0) is 21.6. The molecule has 1 amide bonds. The van der Waals surface area contributed by atoms with Gasteiger partial charge in [0.2, 0.25) is 10.0 Å². The van der Waals surface area contributed by atoms with Gasteiger partial charge in [-0.05, 0) is 49.3 Å². The van der Waals surface area contributed by atoms with Gasteiger partial charge < -0.3 is 14.5 Å². The molecule has 2 saturated heterocycles. The van der Waals surface area contributed by atoms with Crippen LogP contribution in [-0.2, 0) is 17.1 Å². The van der Waals surface area contributed by atoms with E-state index in [9.17, 15) is 13.2 Å². The molecule has 2 aromatic heterocycles. The van der Waals surface area contributed by atoms with Crippen LogP contribution in [0.3, 0.4) is 0 Å². The standard InChI is InChI=1S/C23H28N4O3S/c1-25-16-18(31(29,30)27-10-4-5-11-27)14-22(25)23(28)26-12-8-17(9-13-26)20-15-24-21-7-3-2-6-19(20)21/h2-3,6-7,14-17,24H,4-5,8-13H2,1H3. The maximum Gasteiger partial charge on any atom is 0.270 e. The van der Waals surface area contributed by atoms with Gasteiger partial charge in [-0.3, -0.25) is 4.79 Å². The van der Waals surface area contributed by atoms with E-state index in [1.807, 2.05) is 11.0 Å². The van der Waals surface area contributed by atoms with E-state index in [4.69, 9.17) is 0 Å². The van der Waals surface area contributed by atoms with Crippen molar-refractivity contribution in [2.45, 2.75) is 36.5 Å². The third-order valence-electron chi connectivity index (χ3n) is 6.75. The smallest absolute Gasteiger partial charge is 0.270 e. The molecule has 8 heteroatoms. The van der Waals surface area contributed by atoms with Crippen LogP contribution in [0.1, 0.15) is 47.7 Å². The van der Waals surface area contributed by atoms with Crippen LogP contribution in [0.4, 0.5) is 0 Å². The number of fused-ring (bicyclic) bond motifs is 1. The number of amides is 1. The number of aryl methyl sites for hydroxylation is 1. The Hall–Kier alpha value is -2.58. The SMILES string of the molecule is Cn1cc(S(=O)(=O)N2CCCC2)cc1C(=O)N1CCC(c2c[nH]c3ccccc23)CC1. The van der Waals surface area contributed by atoms with Gasteiger partial charge in [0.1, 0.15) is 10.6 Å². The van der Waals surface area contributed by atoms with Crippen LogP contribution in [0.15, 0.2) is 47.6 Å². The fourth-order valence-electron chi connectivity index (χ4n) is 4.95. The van der Waals surface area contributed by atoms with Crippen LogP contribution in [0.25, 0.3) is 10.9 Å². The van der Waals surface area contributed by atoms with Gasteiger partial charge in [-0.15, -0.1) is 0 Å². The van der Waals surface area contributed by atoms with Crippen molar-refractivity contribution in [1.82, 2.24) is 18.8 Å². The molecule has 0 bridgehead atoms. The van der Waals surface area contributed by atoms with Crippen LogP contribution in [0, 0.1) is 0 Å². The van der Waals surface area contributed by atoms with Crippen LogP contribution >= 0.6 is 0 Å². The molecule has 2 aliphatic heterocycles. The Morgan fingerprint density at radius 3 is 2.52 bits per heavy atom. The average Bonchev–Trinajstić information content (AvgIpc) is 3.53. The number of para-hydroxylation sites is 1. The van der Waals surface area contributed by atoms with Crippen molar-refractivity contribution in [1.29, 1.82) is 0 Å². The zero-order valence-corrected chi connectivity index (χ0v) is 18.6. The number of sulfonamides is 1. The van der Waals surface area contributed by atoms with E-state index in [0.717, 1.165) is 31.2 Å². The lowest BCUT2D eigenvalue weighted by Gasteiger charge is -2.32. The summed E-state index contributed by atoms with van der Waals surface area (Å²) in [5, 5.41) is 1.26. The zero-order valence-electron chi connectivity index (χ0n) is 17.8. The van der Waals surface area contributed by atoms with Crippen LogP contribution in [0.5, 0.6) is 0 Å². The highest BCUT2D eigenvalue weighted by molar-refractivity contribution is 7.89. The summed E-state index contributed by atoms with van der Waals surface area (Å²) in [6, 6.07) is 9.86. The molecule has 164 valence electrons. The molecule has 31 heavy (non-hydrogen) atoms. The lowest BCUT2D eigenvalue weighted by atomic mass is 9.89. The van der Waals surface area contributed by atoms with Crippen molar-refractivity contribution in [3.63, 3.8) is 0 Å². The first-order chi connectivity index (χ1) is 14.9. The van der Waals surface area contributed by atoms with Crippen LogP contribution in [0.2, 0.25) is 0 Å². The highest BCUT2D eigenvalue weighted by atomic mass is 32.2. The fourth-order valence-corrected chi connectivity index (χ4v) is 6.54. The van der Waals surface area contributed by atoms with Crippen molar-refractivity contribution in [2.75, 3.05) is 26.2 Å². The Morgan fingerprint density at radius 1 is 1.06 bits per heavy atom. The Bertz CT molecular complexity index is 1210. The highest BCUT2D eigenvalue weighted by Crippen LogP contribution is 2.33. The third-order valence-corrected chi connectivity index (χ3v) is 8.61.